The maximum Gasteiger partial charge on any atom is 0.292 e. The maximum absolute atomic E-state index is 13.0. The fraction of sp³-hybridized carbons (Fsp3) is 0.174. The number of fused-ring (bicyclic) bond motifs is 1. The van der Waals surface area contributed by atoms with Crippen molar-refractivity contribution in [2.24, 2.45) is 0 Å². The second kappa shape index (κ2) is 8.19. The lowest BCUT2D eigenvalue weighted by atomic mass is 10.0. The highest BCUT2D eigenvalue weighted by Crippen LogP contribution is 2.37. The number of nitrogens with zero attached hydrogens (tertiary/aromatic N) is 5. The zero-order valence-corrected chi connectivity index (χ0v) is 18.7. The van der Waals surface area contributed by atoms with E-state index in [1.807, 2.05) is 29.1 Å². The van der Waals surface area contributed by atoms with Gasteiger partial charge in [0, 0.05) is 23.8 Å². The number of methoxy groups -OCH3 is 1. The maximum atomic E-state index is 13.0. The van der Waals surface area contributed by atoms with Crippen LogP contribution in [0.2, 0.25) is 5.02 Å². The molecule has 9 heteroatoms. The van der Waals surface area contributed by atoms with Gasteiger partial charge in [-0.3, -0.25) is 4.79 Å². The normalized spacial score (nSPS) is 13.0. The molecular weight excluding hydrogens is 446 g/mol. The fourth-order valence-corrected chi connectivity index (χ4v) is 5.44. The number of nitriles is 1. The third-order valence-corrected chi connectivity index (χ3v) is 7.13. The van der Waals surface area contributed by atoms with Crippen molar-refractivity contribution in [2.75, 3.05) is 18.6 Å². The zero-order chi connectivity index (χ0) is 22.2. The first-order valence-corrected chi connectivity index (χ1v) is 11.2. The molecule has 0 saturated heterocycles. The van der Waals surface area contributed by atoms with Gasteiger partial charge in [-0.1, -0.05) is 11.6 Å². The monoisotopic (exact) mass is 463 g/mol. The Morgan fingerprint density at radius 1 is 1.22 bits per heavy atom. The van der Waals surface area contributed by atoms with E-state index in [9.17, 15) is 10.1 Å². The van der Waals surface area contributed by atoms with E-state index in [1.165, 1.54) is 4.68 Å². The van der Waals surface area contributed by atoms with Gasteiger partial charge in [0.15, 0.2) is 0 Å². The van der Waals surface area contributed by atoms with Crippen molar-refractivity contribution in [2.45, 2.75) is 13.0 Å². The minimum atomic E-state index is -0.378. The molecule has 4 aromatic rings. The lowest BCUT2D eigenvalue weighted by molar-refractivity contribution is 0.414. The summed E-state index contributed by atoms with van der Waals surface area (Å²) < 4.78 is 8.42. The molecule has 4 heterocycles. The Hall–Kier alpha value is -3.54. The molecule has 1 aromatic carbocycles. The van der Waals surface area contributed by atoms with E-state index >= 15 is 0 Å². The second-order valence-corrected chi connectivity index (χ2v) is 8.78. The third kappa shape index (κ3) is 3.36. The SMILES string of the molecule is COc1ccc(-n2ncc(N3CCc4c(sc(-n5cccc5)c4C#N)C3)c(Cl)c2=O)cc1. The van der Waals surface area contributed by atoms with Crippen LogP contribution in [0, 0.1) is 11.3 Å². The van der Waals surface area contributed by atoms with Gasteiger partial charge in [0.2, 0.25) is 0 Å². The van der Waals surface area contributed by atoms with Crippen molar-refractivity contribution >= 4 is 28.6 Å². The summed E-state index contributed by atoms with van der Waals surface area (Å²) in [6, 6.07) is 13.3. The summed E-state index contributed by atoms with van der Waals surface area (Å²) in [5.41, 5.74) is 2.63. The molecule has 0 N–H and O–H groups in total. The molecule has 0 bridgehead atoms. The molecule has 32 heavy (non-hydrogen) atoms. The largest absolute Gasteiger partial charge is 0.497 e. The number of hydrogen-bond acceptors (Lipinski definition) is 6. The highest BCUT2D eigenvalue weighted by molar-refractivity contribution is 7.15. The number of anilines is 1. The fourth-order valence-electron chi connectivity index (χ4n) is 3.91. The van der Waals surface area contributed by atoms with E-state index in [-0.39, 0.29) is 10.6 Å². The van der Waals surface area contributed by atoms with E-state index in [4.69, 9.17) is 16.3 Å². The highest BCUT2D eigenvalue weighted by Gasteiger charge is 2.27. The summed E-state index contributed by atoms with van der Waals surface area (Å²) in [5, 5.41) is 15.2. The number of thiophene rings is 1. The Bertz CT molecular complexity index is 1380. The van der Waals surface area contributed by atoms with Crippen molar-refractivity contribution in [3.8, 4) is 22.5 Å². The first kappa shape index (κ1) is 20.4. The molecule has 0 radical (unpaired) electrons. The predicted molar refractivity (Wildman–Crippen MR) is 125 cm³/mol. The van der Waals surface area contributed by atoms with Crippen molar-refractivity contribution in [3.63, 3.8) is 0 Å². The average molecular weight is 464 g/mol. The minimum absolute atomic E-state index is 0.127. The van der Waals surface area contributed by atoms with Gasteiger partial charge >= 0.3 is 0 Å². The Morgan fingerprint density at radius 2 is 1.97 bits per heavy atom. The molecule has 0 aliphatic carbocycles. The molecule has 1 aliphatic rings. The molecule has 0 unspecified atom stereocenters. The Kier molecular flexibility index (Phi) is 5.21. The van der Waals surface area contributed by atoms with Gasteiger partial charge in [0.05, 0.1) is 36.8 Å². The number of benzene rings is 1. The minimum Gasteiger partial charge on any atom is -0.497 e. The van der Waals surface area contributed by atoms with Crippen LogP contribution in [-0.2, 0) is 13.0 Å². The van der Waals surface area contributed by atoms with Gasteiger partial charge < -0.3 is 14.2 Å². The number of halogens is 1. The van der Waals surface area contributed by atoms with Crippen LogP contribution in [0.3, 0.4) is 0 Å². The van der Waals surface area contributed by atoms with E-state index in [0.29, 0.717) is 36.6 Å². The van der Waals surface area contributed by atoms with Crippen molar-refractivity contribution in [3.05, 3.63) is 86.4 Å². The van der Waals surface area contributed by atoms with Gasteiger partial charge in [-0.25, -0.2) is 0 Å². The summed E-state index contributed by atoms with van der Waals surface area (Å²) >= 11 is 8.12. The molecule has 3 aromatic heterocycles. The number of rotatable bonds is 4. The van der Waals surface area contributed by atoms with E-state index in [0.717, 1.165) is 21.0 Å². The number of ether oxygens (including phenoxy) is 1. The van der Waals surface area contributed by atoms with Crippen LogP contribution in [0.5, 0.6) is 5.75 Å². The van der Waals surface area contributed by atoms with Gasteiger partial charge in [0.25, 0.3) is 5.56 Å². The molecule has 7 nitrogen and oxygen atoms in total. The van der Waals surface area contributed by atoms with Gasteiger partial charge in [-0.2, -0.15) is 15.0 Å². The van der Waals surface area contributed by atoms with Crippen LogP contribution >= 0.6 is 22.9 Å². The Morgan fingerprint density at radius 3 is 2.66 bits per heavy atom. The predicted octanol–water partition coefficient (Wildman–Crippen LogP) is 4.18. The first-order valence-electron chi connectivity index (χ1n) is 9.96. The Balaban J connectivity index is 1.48. The summed E-state index contributed by atoms with van der Waals surface area (Å²) in [5.74, 6) is 0.695. The third-order valence-electron chi connectivity index (χ3n) is 5.55. The van der Waals surface area contributed by atoms with Crippen molar-refractivity contribution in [1.82, 2.24) is 14.3 Å². The van der Waals surface area contributed by atoms with Crippen molar-refractivity contribution < 1.29 is 4.74 Å². The van der Waals surface area contributed by atoms with E-state index in [1.54, 1.807) is 48.9 Å². The number of aromatic nitrogens is 3. The summed E-state index contributed by atoms with van der Waals surface area (Å²) in [6.45, 7) is 1.22. The molecule has 1 aliphatic heterocycles. The lowest BCUT2D eigenvalue weighted by Gasteiger charge is -2.29. The first-order chi connectivity index (χ1) is 15.6. The molecule has 5 rings (SSSR count). The molecule has 0 amide bonds. The summed E-state index contributed by atoms with van der Waals surface area (Å²) in [4.78, 5) is 16.1. The standard InChI is InChI=1S/C23H18ClN5O2S/c1-31-16-6-4-15(5-7-16)29-22(30)21(24)19(13-26-29)28-11-8-17-18(12-25)23(32-20(17)14-28)27-9-2-3-10-27/h2-7,9-10,13H,8,11,14H2,1H3. The van der Waals surface area contributed by atoms with Gasteiger partial charge in [-0.05, 0) is 48.4 Å². The van der Waals surface area contributed by atoms with Crippen LogP contribution in [0.4, 0.5) is 5.69 Å². The molecule has 0 saturated carbocycles. The molecule has 0 spiro atoms. The molecular formula is C23H18ClN5O2S. The van der Waals surface area contributed by atoms with Crippen molar-refractivity contribution in [1.29, 1.82) is 5.26 Å². The van der Waals surface area contributed by atoms with Crippen LogP contribution in [-0.4, -0.2) is 28.0 Å². The summed E-state index contributed by atoms with van der Waals surface area (Å²) in [6.07, 6.45) is 6.21. The lowest BCUT2D eigenvalue weighted by Crippen LogP contribution is -2.32. The van der Waals surface area contributed by atoms with Crippen LogP contribution in [0.15, 0.2) is 59.8 Å². The average Bonchev–Trinajstić information content (AvgIpc) is 3.48. The quantitative estimate of drug-likeness (QED) is 0.453. The van der Waals surface area contributed by atoms with Crippen LogP contribution in [0.25, 0.3) is 10.7 Å². The van der Waals surface area contributed by atoms with E-state index in [2.05, 4.69) is 16.1 Å². The molecule has 0 atom stereocenters. The second-order valence-electron chi connectivity index (χ2n) is 7.32. The highest BCUT2D eigenvalue weighted by atomic mass is 35.5. The topological polar surface area (TPSA) is 76.1 Å². The summed E-state index contributed by atoms with van der Waals surface area (Å²) in [7, 11) is 1.59. The van der Waals surface area contributed by atoms with Crippen LogP contribution < -0.4 is 15.2 Å². The van der Waals surface area contributed by atoms with Gasteiger partial charge in [0.1, 0.15) is 21.8 Å². The smallest absolute Gasteiger partial charge is 0.292 e. The zero-order valence-electron chi connectivity index (χ0n) is 17.2. The number of hydrogen-bond donors (Lipinski definition) is 0. The molecule has 160 valence electrons. The Labute approximate surface area is 193 Å². The van der Waals surface area contributed by atoms with Gasteiger partial charge in [-0.15, -0.1) is 11.3 Å². The molecule has 0 fully saturated rings. The van der Waals surface area contributed by atoms with E-state index < -0.39 is 0 Å². The van der Waals surface area contributed by atoms with Crippen LogP contribution in [0.1, 0.15) is 16.0 Å².